The average molecular weight is 252 g/mol. The minimum Gasteiger partial charge on any atom is -0.316 e. The van der Waals surface area contributed by atoms with Crippen LogP contribution in [0.25, 0.3) is 0 Å². The molecular formula is C16H32N2. The predicted molar refractivity (Wildman–Crippen MR) is 78.8 cm³/mol. The molecule has 2 aliphatic rings. The van der Waals surface area contributed by atoms with E-state index in [4.69, 9.17) is 0 Å². The first-order chi connectivity index (χ1) is 8.72. The van der Waals surface area contributed by atoms with Crippen molar-refractivity contribution >= 4 is 0 Å². The van der Waals surface area contributed by atoms with Gasteiger partial charge in [0.2, 0.25) is 0 Å². The molecule has 1 heterocycles. The molecule has 0 bridgehead atoms. The summed E-state index contributed by atoms with van der Waals surface area (Å²) in [4.78, 5) is 2.79. The molecule has 2 unspecified atom stereocenters. The quantitative estimate of drug-likeness (QED) is 0.731. The number of likely N-dealkylation sites (tertiary alicyclic amines) is 1. The zero-order chi connectivity index (χ0) is 13.0. The third-order valence-electron chi connectivity index (χ3n) is 5.20. The third kappa shape index (κ3) is 3.48. The maximum Gasteiger partial charge on any atom is 0.0136 e. The van der Waals surface area contributed by atoms with E-state index in [1.807, 2.05) is 0 Å². The van der Waals surface area contributed by atoms with Crippen molar-refractivity contribution in [3.05, 3.63) is 0 Å². The maximum atomic E-state index is 3.61. The molecule has 1 aliphatic heterocycles. The minimum atomic E-state index is 0.885. The highest BCUT2D eigenvalue weighted by molar-refractivity contribution is 4.92. The molecular weight excluding hydrogens is 220 g/mol. The van der Waals surface area contributed by atoms with Gasteiger partial charge >= 0.3 is 0 Å². The number of piperidine rings is 1. The van der Waals surface area contributed by atoms with E-state index in [0.717, 1.165) is 23.8 Å². The Hall–Kier alpha value is -0.0800. The van der Waals surface area contributed by atoms with Gasteiger partial charge in [0.1, 0.15) is 0 Å². The summed E-state index contributed by atoms with van der Waals surface area (Å²) < 4.78 is 0. The summed E-state index contributed by atoms with van der Waals surface area (Å²) in [6, 6.07) is 0.905. The first kappa shape index (κ1) is 14.3. The van der Waals surface area contributed by atoms with E-state index < -0.39 is 0 Å². The second-order valence-corrected chi connectivity index (χ2v) is 6.73. The van der Waals surface area contributed by atoms with Crippen molar-refractivity contribution in [1.29, 1.82) is 0 Å². The Bertz CT molecular complexity index is 231. The van der Waals surface area contributed by atoms with Crippen LogP contribution in [0.3, 0.4) is 0 Å². The zero-order valence-electron chi connectivity index (χ0n) is 12.6. The molecule has 2 atom stereocenters. The highest BCUT2D eigenvalue weighted by atomic mass is 15.2. The topological polar surface area (TPSA) is 15.3 Å². The van der Waals surface area contributed by atoms with Crippen molar-refractivity contribution in [1.82, 2.24) is 10.2 Å². The van der Waals surface area contributed by atoms with E-state index in [-0.39, 0.29) is 0 Å². The molecule has 2 heteroatoms. The smallest absolute Gasteiger partial charge is 0.0136 e. The Labute approximate surface area is 114 Å². The fourth-order valence-electron chi connectivity index (χ4n) is 3.65. The normalized spacial score (nSPS) is 30.7. The van der Waals surface area contributed by atoms with Crippen LogP contribution >= 0.6 is 0 Å². The van der Waals surface area contributed by atoms with Crippen LogP contribution in [-0.4, -0.2) is 37.1 Å². The fourth-order valence-corrected chi connectivity index (χ4v) is 3.65. The molecule has 0 spiro atoms. The molecule has 106 valence electrons. The second-order valence-electron chi connectivity index (χ2n) is 6.73. The van der Waals surface area contributed by atoms with Crippen LogP contribution in [0.2, 0.25) is 0 Å². The number of nitrogens with zero attached hydrogens (tertiary/aromatic N) is 1. The molecule has 0 aromatic heterocycles. The lowest BCUT2D eigenvalue weighted by Crippen LogP contribution is -2.53. The van der Waals surface area contributed by atoms with E-state index in [1.165, 1.54) is 58.3 Å². The van der Waals surface area contributed by atoms with Gasteiger partial charge in [-0.1, -0.05) is 20.8 Å². The second kappa shape index (κ2) is 6.91. The first-order valence-electron chi connectivity index (χ1n) is 8.17. The molecule has 1 saturated carbocycles. The van der Waals surface area contributed by atoms with E-state index in [0.29, 0.717) is 0 Å². The van der Waals surface area contributed by atoms with Crippen LogP contribution in [0.4, 0.5) is 0 Å². The van der Waals surface area contributed by atoms with Crippen LogP contribution in [0.1, 0.15) is 52.9 Å². The molecule has 1 aliphatic carbocycles. The van der Waals surface area contributed by atoms with Gasteiger partial charge in [-0.25, -0.2) is 0 Å². The Morgan fingerprint density at radius 1 is 1.11 bits per heavy atom. The molecule has 2 fully saturated rings. The first-order valence-corrected chi connectivity index (χ1v) is 8.17. The van der Waals surface area contributed by atoms with Crippen molar-refractivity contribution in [3.63, 3.8) is 0 Å². The molecule has 18 heavy (non-hydrogen) atoms. The SMILES string of the molecule is CCCNCC1CCC1N1CCC(C(C)C)CC1. The maximum absolute atomic E-state index is 3.61. The van der Waals surface area contributed by atoms with E-state index in [2.05, 4.69) is 31.0 Å². The number of hydrogen-bond acceptors (Lipinski definition) is 2. The van der Waals surface area contributed by atoms with Crippen molar-refractivity contribution < 1.29 is 0 Å². The van der Waals surface area contributed by atoms with E-state index >= 15 is 0 Å². The zero-order valence-corrected chi connectivity index (χ0v) is 12.6. The molecule has 1 saturated heterocycles. The molecule has 1 N–H and O–H groups in total. The fraction of sp³-hybridized carbons (Fsp3) is 1.00. The number of hydrogen-bond donors (Lipinski definition) is 1. The summed E-state index contributed by atoms with van der Waals surface area (Å²) in [6.45, 7) is 12.2. The molecule has 0 amide bonds. The van der Waals surface area contributed by atoms with Gasteiger partial charge in [0.05, 0.1) is 0 Å². The van der Waals surface area contributed by atoms with Crippen molar-refractivity contribution in [3.8, 4) is 0 Å². The molecule has 2 rings (SSSR count). The predicted octanol–water partition coefficient (Wildman–Crippen LogP) is 3.13. The van der Waals surface area contributed by atoms with Gasteiger partial charge in [-0.2, -0.15) is 0 Å². The van der Waals surface area contributed by atoms with Crippen molar-refractivity contribution in [2.24, 2.45) is 17.8 Å². The van der Waals surface area contributed by atoms with Crippen LogP contribution in [0.15, 0.2) is 0 Å². The average Bonchev–Trinajstić information content (AvgIpc) is 2.34. The summed E-state index contributed by atoms with van der Waals surface area (Å²) in [7, 11) is 0. The minimum absolute atomic E-state index is 0.885. The van der Waals surface area contributed by atoms with Gasteiger partial charge in [0, 0.05) is 6.04 Å². The van der Waals surface area contributed by atoms with Crippen LogP contribution in [-0.2, 0) is 0 Å². The lowest BCUT2D eigenvalue weighted by molar-refractivity contribution is 0.0282. The summed E-state index contributed by atoms with van der Waals surface area (Å²) in [6.07, 6.45) is 7.03. The van der Waals surface area contributed by atoms with Gasteiger partial charge in [-0.15, -0.1) is 0 Å². The Kier molecular flexibility index (Phi) is 5.50. The van der Waals surface area contributed by atoms with Crippen LogP contribution in [0, 0.1) is 17.8 Å². The molecule has 0 aromatic rings. The standard InChI is InChI=1S/C16H32N2/c1-4-9-17-12-15-5-6-16(15)18-10-7-14(8-11-18)13(2)3/h13-17H,4-12H2,1-3H3. The summed E-state index contributed by atoms with van der Waals surface area (Å²) in [5, 5.41) is 3.61. The lowest BCUT2D eigenvalue weighted by atomic mass is 9.76. The van der Waals surface area contributed by atoms with Crippen molar-refractivity contribution in [2.45, 2.75) is 58.9 Å². The monoisotopic (exact) mass is 252 g/mol. The summed E-state index contributed by atoms with van der Waals surface area (Å²) in [5.41, 5.74) is 0. The van der Waals surface area contributed by atoms with E-state index in [9.17, 15) is 0 Å². The Morgan fingerprint density at radius 3 is 2.33 bits per heavy atom. The Balaban J connectivity index is 1.69. The number of rotatable bonds is 6. The third-order valence-corrected chi connectivity index (χ3v) is 5.20. The molecule has 0 radical (unpaired) electrons. The highest BCUT2D eigenvalue weighted by Gasteiger charge is 2.36. The summed E-state index contributed by atoms with van der Waals surface area (Å²) >= 11 is 0. The molecule has 0 aromatic carbocycles. The van der Waals surface area contributed by atoms with Gasteiger partial charge in [0.25, 0.3) is 0 Å². The van der Waals surface area contributed by atoms with Gasteiger partial charge in [0.15, 0.2) is 0 Å². The van der Waals surface area contributed by atoms with Crippen LogP contribution in [0.5, 0.6) is 0 Å². The molecule has 2 nitrogen and oxygen atoms in total. The van der Waals surface area contributed by atoms with Crippen molar-refractivity contribution in [2.75, 3.05) is 26.2 Å². The number of nitrogens with one attached hydrogen (secondary N) is 1. The van der Waals surface area contributed by atoms with Gasteiger partial charge < -0.3 is 10.2 Å². The van der Waals surface area contributed by atoms with Gasteiger partial charge in [-0.3, -0.25) is 0 Å². The largest absolute Gasteiger partial charge is 0.316 e. The highest BCUT2D eigenvalue weighted by Crippen LogP contribution is 2.35. The van der Waals surface area contributed by atoms with E-state index in [1.54, 1.807) is 0 Å². The van der Waals surface area contributed by atoms with Crippen LogP contribution < -0.4 is 5.32 Å². The summed E-state index contributed by atoms with van der Waals surface area (Å²) in [5.74, 6) is 2.81. The van der Waals surface area contributed by atoms with Gasteiger partial charge in [-0.05, 0) is 76.0 Å². The Morgan fingerprint density at radius 2 is 1.83 bits per heavy atom. The lowest BCUT2D eigenvalue weighted by Gasteiger charge is -2.47.